The van der Waals surface area contributed by atoms with E-state index in [9.17, 15) is 9.59 Å². The van der Waals surface area contributed by atoms with Crippen LogP contribution in [-0.2, 0) is 50.3 Å². The fourth-order valence-corrected chi connectivity index (χ4v) is 13.9. The van der Waals surface area contributed by atoms with Gasteiger partial charge in [-0.1, -0.05) is 177 Å². The number of ether oxygens (including phenoxy) is 6. The maximum absolute atomic E-state index is 16.4. The molecule has 0 aromatic heterocycles. The zero-order chi connectivity index (χ0) is 77.5. The molecule has 3 unspecified atom stereocenters. The Labute approximate surface area is 629 Å². The SMILES string of the molecule is C=C(Cl)C(=O)OCCN(C)C(=O)C(C(C)C)N1C(=O)c2cc(Oc3ccc(C(C)(C)C)cc3)c3c4c(Oc5ccc(C(C)(C)C)cc5)cc5c6c(cc(Oc7ccc(C(C)(C)C)cc7)c(c7c(Oc8ccc(C(C)(C)C)cc8)cc(c2c37)C1=O)c64)C(=O)N(C(C(=O)N(C)CCOC(=O)C(C)Cl)C(C)C)C5=O. The van der Waals surface area contributed by atoms with Gasteiger partial charge in [0.1, 0.15) is 81.7 Å². The Morgan fingerprint density at radius 2 is 0.651 bits per heavy atom. The van der Waals surface area contributed by atoms with Crippen molar-refractivity contribution in [2.24, 2.45) is 11.8 Å². The molecule has 106 heavy (non-hydrogen) atoms. The van der Waals surface area contributed by atoms with Crippen LogP contribution in [0.5, 0.6) is 46.0 Å². The molecular formula is C86H92Cl2N4O14. The topological polar surface area (TPSA) is 205 Å². The summed E-state index contributed by atoms with van der Waals surface area (Å²) in [6.45, 7) is 36.1. The van der Waals surface area contributed by atoms with E-state index < -0.39 is 76.7 Å². The summed E-state index contributed by atoms with van der Waals surface area (Å²) in [6, 6.07) is 33.5. The van der Waals surface area contributed by atoms with Crippen LogP contribution in [0.25, 0.3) is 43.1 Å². The molecule has 9 aromatic carbocycles. The highest BCUT2D eigenvalue weighted by atomic mass is 35.5. The van der Waals surface area contributed by atoms with Crippen LogP contribution in [0.15, 0.2) is 133 Å². The maximum atomic E-state index is 16.4. The summed E-state index contributed by atoms with van der Waals surface area (Å²) in [5.74, 6) is -6.06. The van der Waals surface area contributed by atoms with E-state index in [1.807, 2.05) is 97.1 Å². The molecule has 2 aliphatic heterocycles. The zero-order valence-electron chi connectivity index (χ0n) is 63.7. The Morgan fingerprint density at radius 1 is 0.406 bits per heavy atom. The van der Waals surface area contributed by atoms with Crippen molar-refractivity contribution in [3.05, 3.63) is 177 Å². The van der Waals surface area contributed by atoms with E-state index in [4.69, 9.17) is 51.6 Å². The smallest absolute Gasteiger partial charge is 0.349 e. The number of carbonyl (C=O) groups is 8. The Morgan fingerprint density at radius 3 is 0.868 bits per heavy atom. The van der Waals surface area contributed by atoms with Gasteiger partial charge in [-0.3, -0.25) is 43.4 Å². The summed E-state index contributed by atoms with van der Waals surface area (Å²) >= 11 is 11.9. The minimum atomic E-state index is -1.45. The molecule has 0 spiro atoms. The number of imide groups is 2. The van der Waals surface area contributed by atoms with Gasteiger partial charge in [-0.25, -0.2) is 4.79 Å². The third-order valence-corrected chi connectivity index (χ3v) is 20.0. The van der Waals surface area contributed by atoms with Gasteiger partial charge in [0, 0.05) is 57.2 Å². The number of benzene rings is 9. The molecule has 20 heteroatoms. The third kappa shape index (κ3) is 14.8. The molecule has 0 saturated heterocycles. The second-order valence-corrected chi connectivity index (χ2v) is 33.5. The van der Waals surface area contributed by atoms with E-state index in [1.165, 1.54) is 30.8 Å². The van der Waals surface area contributed by atoms with Crippen LogP contribution >= 0.6 is 23.2 Å². The van der Waals surface area contributed by atoms with Crippen LogP contribution < -0.4 is 18.9 Å². The molecule has 0 saturated carbocycles. The third-order valence-electron chi connectivity index (χ3n) is 19.7. The highest BCUT2D eigenvalue weighted by Gasteiger charge is 2.48. The number of hydrogen-bond donors (Lipinski definition) is 0. The van der Waals surface area contributed by atoms with Crippen molar-refractivity contribution in [3.8, 4) is 46.0 Å². The summed E-state index contributed by atoms with van der Waals surface area (Å²) in [4.78, 5) is 125. The molecule has 11 rings (SSSR count). The minimum absolute atomic E-state index is 0.0318. The maximum Gasteiger partial charge on any atom is 0.349 e. The molecular weight excluding hydrogens is 1380 g/mol. The number of halogens is 2. The van der Waals surface area contributed by atoms with Gasteiger partial charge in [0.15, 0.2) is 0 Å². The van der Waals surface area contributed by atoms with Crippen molar-refractivity contribution < 1.29 is 66.8 Å². The van der Waals surface area contributed by atoms with Crippen molar-refractivity contribution in [2.45, 2.75) is 157 Å². The molecule has 18 nitrogen and oxygen atoms in total. The lowest BCUT2D eigenvalue weighted by Gasteiger charge is -2.38. The molecule has 0 N–H and O–H groups in total. The highest BCUT2D eigenvalue weighted by molar-refractivity contribution is 6.45. The summed E-state index contributed by atoms with van der Waals surface area (Å²) < 4.78 is 39.9. The first-order chi connectivity index (χ1) is 49.6. The number of nitrogens with zero attached hydrogens (tertiary/aromatic N) is 4. The van der Waals surface area contributed by atoms with Gasteiger partial charge in [-0.05, 0) is 135 Å². The molecule has 0 bridgehead atoms. The number of fused-ring (bicyclic) bond motifs is 2. The molecule has 2 aliphatic rings. The molecule has 2 heterocycles. The predicted molar refractivity (Wildman–Crippen MR) is 414 cm³/mol. The monoisotopic (exact) mass is 1470 g/mol. The number of rotatable bonds is 22. The lowest BCUT2D eigenvalue weighted by atomic mass is 9.80. The summed E-state index contributed by atoms with van der Waals surface area (Å²) in [5, 5.41) is 0.502. The van der Waals surface area contributed by atoms with Crippen LogP contribution in [0.3, 0.4) is 0 Å². The first-order valence-electron chi connectivity index (χ1n) is 35.7. The van der Waals surface area contributed by atoms with Gasteiger partial charge < -0.3 is 38.2 Å². The second kappa shape index (κ2) is 29.0. The Kier molecular flexibility index (Phi) is 21.1. The summed E-state index contributed by atoms with van der Waals surface area (Å²) in [5.41, 5.74) is 2.67. The lowest BCUT2D eigenvalue weighted by Crippen LogP contribution is -2.56. The quantitative estimate of drug-likeness (QED) is 0.0155. The van der Waals surface area contributed by atoms with Crippen LogP contribution in [-0.4, -0.2) is 125 Å². The van der Waals surface area contributed by atoms with Crippen molar-refractivity contribution >= 4 is 114 Å². The van der Waals surface area contributed by atoms with Gasteiger partial charge >= 0.3 is 11.9 Å². The van der Waals surface area contributed by atoms with E-state index in [-0.39, 0.29) is 141 Å². The lowest BCUT2D eigenvalue weighted by molar-refractivity contribution is -0.145. The van der Waals surface area contributed by atoms with Gasteiger partial charge in [-0.15, -0.1) is 11.6 Å². The van der Waals surface area contributed by atoms with Crippen molar-refractivity contribution in [1.82, 2.24) is 19.6 Å². The van der Waals surface area contributed by atoms with Crippen LogP contribution in [0.4, 0.5) is 0 Å². The van der Waals surface area contributed by atoms with E-state index >= 15 is 28.8 Å². The number of carbonyl (C=O) groups excluding carboxylic acids is 8. The standard InChI is InChI=1S/C86H92Cl2N4O14/c1-45(2)73(79(97)89(19)37-39-101-81(99)47(5)87)91-75(93)57-41-61(103-53-29-21-49(22-30-53)83(7,8)9)67-69-63(105-55-33-25-51(26-34-55)85(13,14)15)43-59-66-60(78(96)92(77(59)95)74(46(3)4)80(98)90(20)38-40-102-82(100)48(6)88)44-64(106-56-35-27-52(28-36-56)86(16,17)18)70(72(66)69)68-62(42-58(76(91)94)65(57)71(67)68)104-54-31-23-50(24-32-54)84(10,11)12/h21-36,41-46,48,73-74H,5,37-40H2,1-4,6-20H3. The fourth-order valence-electron chi connectivity index (χ4n) is 13.8. The predicted octanol–water partition coefficient (Wildman–Crippen LogP) is 18.7. The molecule has 0 aliphatic carbocycles. The zero-order valence-corrected chi connectivity index (χ0v) is 65.2. The van der Waals surface area contributed by atoms with Crippen LogP contribution in [0.2, 0.25) is 0 Å². The van der Waals surface area contributed by atoms with Gasteiger partial charge in [0.05, 0.1) is 35.3 Å². The largest absolute Gasteiger partial charge is 0.463 e. The Bertz CT molecular complexity index is 4790. The summed E-state index contributed by atoms with van der Waals surface area (Å²) in [7, 11) is 2.98. The van der Waals surface area contributed by atoms with E-state index in [0.29, 0.717) is 23.0 Å². The van der Waals surface area contributed by atoms with Gasteiger partial charge in [0.25, 0.3) is 23.6 Å². The average Bonchev–Trinajstić information content (AvgIpc) is 0.672. The molecule has 6 amide bonds. The minimum Gasteiger partial charge on any atom is -0.463 e. The molecule has 9 aromatic rings. The van der Waals surface area contributed by atoms with Gasteiger partial charge in [0.2, 0.25) is 11.8 Å². The average molecular weight is 1480 g/mol. The van der Waals surface area contributed by atoms with Crippen molar-refractivity contribution in [2.75, 3.05) is 40.4 Å². The highest BCUT2D eigenvalue weighted by Crippen LogP contribution is 2.58. The molecule has 554 valence electrons. The number of likely N-dealkylation sites (N-methyl/N-ethyl adjacent to an activating group) is 2. The van der Waals surface area contributed by atoms with Crippen LogP contribution in [0.1, 0.15) is 181 Å². The van der Waals surface area contributed by atoms with Crippen LogP contribution in [0, 0.1) is 11.8 Å². The van der Waals surface area contributed by atoms with E-state index in [0.717, 1.165) is 32.1 Å². The number of amides is 6. The fraction of sp³-hybridized carbons (Fsp3) is 0.372. The number of alkyl halides is 1. The second-order valence-electron chi connectivity index (χ2n) is 32.4. The van der Waals surface area contributed by atoms with E-state index in [1.54, 1.807) is 52.0 Å². The number of esters is 2. The Hall–Kier alpha value is -10.0. The molecule has 3 atom stereocenters. The Balaban J connectivity index is 1.31. The first kappa shape index (κ1) is 77.1. The van der Waals surface area contributed by atoms with Crippen molar-refractivity contribution in [1.29, 1.82) is 0 Å². The molecule has 0 radical (unpaired) electrons. The summed E-state index contributed by atoms with van der Waals surface area (Å²) in [6.07, 6.45) is 0. The normalized spacial score (nSPS) is 14.3. The first-order valence-corrected chi connectivity index (χ1v) is 36.5. The van der Waals surface area contributed by atoms with Crippen molar-refractivity contribution in [3.63, 3.8) is 0 Å². The van der Waals surface area contributed by atoms with Gasteiger partial charge in [-0.2, -0.15) is 0 Å². The number of hydrogen-bond acceptors (Lipinski definition) is 14. The van der Waals surface area contributed by atoms with E-state index in [2.05, 4.69) is 89.7 Å². The molecule has 0 fully saturated rings.